The van der Waals surface area contributed by atoms with Gasteiger partial charge in [0.05, 0.1) is 6.10 Å². The van der Waals surface area contributed by atoms with Crippen molar-refractivity contribution in [3.05, 3.63) is 65.5 Å². The first-order valence-corrected chi connectivity index (χ1v) is 11.3. The van der Waals surface area contributed by atoms with Crippen LogP contribution in [0.2, 0.25) is 0 Å². The van der Waals surface area contributed by atoms with Gasteiger partial charge in [0.1, 0.15) is 18.2 Å². The number of aromatic nitrogens is 2. The molecule has 6 nitrogen and oxygen atoms in total. The number of ether oxygens (including phenoxy) is 2. The first-order valence-electron chi connectivity index (χ1n) is 9.52. The zero-order chi connectivity index (χ0) is 20.8. The number of halogens is 1. The van der Waals surface area contributed by atoms with E-state index in [0.717, 1.165) is 29.4 Å². The molecular weight excluding hydrogens is 425 g/mol. The van der Waals surface area contributed by atoms with E-state index < -0.39 is 0 Å². The van der Waals surface area contributed by atoms with E-state index in [1.807, 2.05) is 0 Å². The van der Waals surface area contributed by atoms with Crippen molar-refractivity contribution in [2.24, 2.45) is 0 Å². The third-order valence-electron chi connectivity index (χ3n) is 4.48. The first kappa shape index (κ1) is 20.8. The van der Waals surface area contributed by atoms with Crippen LogP contribution in [0.1, 0.15) is 28.8 Å². The highest BCUT2D eigenvalue weighted by Gasteiger charge is 2.16. The van der Waals surface area contributed by atoms with E-state index in [9.17, 15) is 9.18 Å². The molecule has 3 aromatic rings. The van der Waals surface area contributed by atoms with Crippen LogP contribution in [-0.2, 0) is 10.5 Å². The van der Waals surface area contributed by atoms with Crippen LogP contribution in [0.25, 0.3) is 0 Å². The van der Waals surface area contributed by atoms with E-state index >= 15 is 0 Å². The summed E-state index contributed by atoms with van der Waals surface area (Å²) in [5, 5.41) is 11.3. The van der Waals surface area contributed by atoms with Crippen molar-refractivity contribution >= 4 is 34.1 Å². The minimum Gasteiger partial charge on any atom is -0.491 e. The monoisotopic (exact) mass is 445 g/mol. The number of nitrogens with one attached hydrogen (secondary N) is 1. The maximum absolute atomic E-state index is 13.0. The first-order chi connectivity index (χ1) is 14.7. The molecule has 1 aliphatic heterocycles. The van der Waals surface area contributed by atoms with Crippen molar-refractivity contribution in [1.82, 2.24) is 10.2 Å². The fourth-order valence-electron chi connectivity index (χ4n) is 2.88. The molecule has 1 fully saturated rings. The third kappa shape index (κ3) is 5.78. The van der Waals surface area contributed by atoms with E-state index in [1.54, 1.807) is 36.4 Å². The fraction of sp³-hybridized carbons (Fsp3) is 0.286. The number of benzene rings is 2. The lowest BCUT2D eigenvalue weighted by Crippen LogP contribution is -2.16. The molecule has 1 amide bonds. The molecule has 0 spiro atoms. The van der Waals surface area contributed by atoms with E-state index in [1.165, 1.54) is 35.2 Å². The number of anilines is 1. The average molecular weight is 446 g/mol. The van der Waals surface area contributed by atoms with Crippen LogP contribution in [0.4, 0.5) is 9.52 Å². The summed E-state index contributed by atoms with van der Waals surface area (Å²) >= 11 is 2.79. The maximum Gasteiger partial charge on any atom is 0.257 e. The second kappa shape index (κ2) is 10.0. The third-order valence-corrected chi connectivity index (χ3v) is 6.52. The van der Waals surface area contributed by atoms with Crippen molar-refractivity contribution in [2.45, 2.75) is 29.0 Å². The van der Waals surface area contributed by atoms with Crippen LogP contribution in [0, 0.1) is 5.82 Å². The largest absolute Gasteiger partial charge is 0.491 e. The van der Waals surface area contributed by atoms with Gasteiger partial charge in [0.15, 0.2) is 4.34 Å². The molecule has 2 aromatic carbocycles. The zero-order valence-corrected chi connectivity index (χ0v) is 17.7. The second-order valence-electron chi connectivity index (χ2n) is 6.71. The summed E-state index contributed by atoms with van der Waals surface area (Å²) < 4.78 is 24.9. The van der Waals surface area contributed by atoms with Gasteiger partial charge in [-0.05, 0) is 54.8 Å². The van der Waals surface area contributed by atoms with Gasteiger partial charge in [-0.1, -0.05) is 35.2 Å². The van der Waals surface area contributed by atoms with Gasteiger partial charge in [0, 0.05) is 17.9 Å². The van der Waals surface area contributed by atoms with Crippen molar-refractivity contribution in [1.29, 1.82) is 0 Å². The van der Waals surface area contributed by atoms with E-state index in [4.69, 9.17) is 9.47 Å². The van der Waals surface area contributed by atoms with Crippen molar-refractivity contribution in [2.75, 3.05) is 18.5 Å². The zero-order valence-electron chi connectivity index (χ0n) is 16.0. The molecule has 1 N–H and O–H groups in total. The highest BCUT2D eigenvalue weighted by atomic mass is 32.2. The molecule has 1 saturated heterocycles. The van der Waals surface area contributed by atoms with Gasteiger partial charge in [-0.25, -0.2) is 4.39 Å². The van der Waals surface area contributed by atoms with Crippen LogP contribution >= 0.6 is 23.1 Å². The van der Waals surface area contributed by atoms with Gasteiger partial charge < -0.3 is 9.47 Å². The molecule has 0 unspecified atom stereocenters. The molecular formula is C21H20FN3O3S2. The summed E-state index contributed by atoms with van der Waals surface area (Å²) in [5.74, 6) is 0.840. The van der Waals surface area contributed by atoms with Crippen LogP contribution in [0.5, 0.6) is 5.75 Å². The predicted octanol–water partition coefficient (Wildman–Crippen LogP) is 4.78. The molecule has 0 radical (unpaired) electrons. The Balaban J connectivity index is 1.26. The van der Waals surface area contributed by atoms with Crippen molar-refractivity contribution in [3.8, 4) is 5.75 Å². The molecule has 9 heteroatoms. The van der Waals surface area contributed by atoms with E-state index in [2.05, 4.69) is 15.5 Å². The number of carbonyl (C=O) groups excluding carboxylic acids is 1. The summed E-state index contributed by atoms with van der Waals surface area (Å²) in [7, 11) is 0. The Kier molecular flexibility index (Phi) is 6.93. The summed E-state index contributed by atoms with van der Waals surface area (Å²) in [4.78, 5) is 12.4. The Morgan fingerprint density at radius 3 is 2.73 bits per heavy atom. The van der Waals surface area contributed by atoms with Crippen LogP contribution in [-0.4, -0.2) is 35.4 Å². The lowest BCUT2D eigenvalue weighted by atomic mass is 10.2. The van der Waals surface area contributed by atoms with Gasteiger partial charge >= 0.3 is 0 Å². The highest BCUT2D eigenvalue weighted by Crippen LogP contribution is 2.28. The molecule has 1 aliphatic rings. The van der Waals surface area contributed by atoms with Crippen molar-refractivity contribution in [3.63, 3.8) is 0 Å². The minimum atomic E-state index is -0.257. The fourth-order valence-corrected chi connectivity index (χ4v) is 4.58. The summed E-state index contributed by atoms with van der Waals surface area (Å²) in [6, 6.07) is 13.3. The van der Waals surface area contributed by atoms with Crippen LogP contribution < -0.4 is 10.1 Å². The Hall–Kier alpha value is -2.49. The summed E-state index contributed by atoms with van der Waals surface area (Å²) in [6.07, 6.45) is 2.25. The van der Waals surface area contributed by atoms with E-state index in [0.29, 0.717) is 28.8 Å². The molecule has 4 rings (SSSR count). The predicted molar refractivity (Wildman–Crippen MR) is 115 cm³/mol. The SMILES string of the molecule is O=C(Nc1nnc(SCc2ccc(F)cc2)s1)c1ccc(OC[C@@H]2CCCO2)cc1. The molecule has 30 heavy (non-hydrogen) atoms. The molecule has 2 heterocycles. The standard InChI is InChI=1S/C21H20FN3O3S2/c22-16-7-3-14(4-8-16)13-29-21-25-24-20(30-21)23-19(26)15-5-9-17(10-6-15)28-12-18-2-1-11-27-18/h3-10,18H,1-2,11-13H2,(H,23,24,26)/t18-/m0/s1. The number of amides is 1. The maximum atomic E-state index is 13.0. The lowest BCUT2D eigenvalue weighted by molar-refractivity contribution is 0.0679. The van der Waals surface area contributed by atoms with Crippen molar-refractivity contribution < 1.29 is 18.7 Å². The average Bonchev–Trinajstić information content (AvgIpc) is 3.44. The van der Waals surface area contributed by atoms with Crippen LogP contribution in [0.3, 0.4) is 0 Å². The highest BCUT2D eigenvalue weighted by molar-refractivity contribution is 8.00. The molecule has 0 bridgehead atoms. The Morgan fingerprint density at radius 2 is 2.00 bits per heavy atom. The number of carbonyl (C=O) groups is 1. The van der Waals surface area contributed by atoms with Gasteiger partial charge in [0.25, 0.3) is 5.91 Å². The Labute approximate surface area is 181 Å². The van der Waals surface area contributed by atoms with Gasteiger partial charge in [-0.3, -0.25) is 10.1 Å². The molecule has 0 aliphatic carbocycles. The van der Waals surface area contributed by atoms with Gasteiger partial charge in [0.2, 0.25) is 5.13 Å². The smallest absolute Gasteiger partial charge is 0.257 e. The normalized spacial score (nSPS) is 15.8. The summed E-state index contributed by atoms with van der Waals surface area (Å²) in [5.41, 5.74) is 1.50. The summed E-state index contributed by atoms with van der Waals surface area (Å²) in [6.45, 7) is 1.32. The minimum absolute atomic E-state index is 0.153. The number of thioether (sulfide) groups is 1. The van der Waals surface area contributed by atoms with Crippen LogP contribution in [0.15, 0.2) is 52.9 Å². The van der Waals surface area contributed by atoms with Gasteiger partial charge in [-0.2, -0.15) is 0 Å². The molecule has 156 valence electrons. The molecule has 1 atom stereocenters. The number of hydrogen-bond acceptors (Lipinski definition) is 7. The van der Waals surface area contributed by atoms with E-state index in [-0.39, 0.29) is 17.8 Å². The quantitative estimate of drug-likeness (QED) is 0.397. The number of nitrogens with zero attached hydrogens (tertiary/aromatic N) is 2. The number of rotatable bonds is 8. The lowest BCUT2D eigenvalue weighted by Gasteiger charge is -2.11. The van der Waals surface area contributed by atoms with Gasteiger partial charge in [-0.15, -0.1) is 10.2 Å². The molecule has 1 aromatic heterocycles. The molecule has 0 saturated carbocycles. The Bertz CT molecular complexity index is 974. The second-order valence-corrected chi connectivity index (χ2v) is 8.91. The topological polar surface area (TPSA) is 73.3 Å². The Morgan fingerprint density at radius 1 is 1.20 bits per heavy atom. The number of hydrogen-bond donors (Lipinski definition) is 1.